The fraction of sp³-hybridized carbons (Fsp3) is 0.250. The molecule has 0 aliphatic carbocycles. The number of aromatic nitrogens is 3. The first-order chi connectivity index (χ1) is 17.0. The van der Waals surface area contributed by atoms with E-state index in [-0.39, 0.29) is 5.91 Å². The van der Waals surface area contributed by atoms with E-state index >= 15 is 0 Å². The van der Waals surface area contributed by atoms with Crippen LogP contribution in [0, 0.1) is 13.8 Å². The molecule has 0 atom stereocenters. The number of amides is 1. The van der Waals surface area contributed by atoms with Gasteiger partial charge in [0.1, 0.15) is 5.82 Å². The summed E-state index contributed by atoms with van der Waals surface area (Å²) in [6.07, 6.45) is 1.59. The zero-order valence-electron chi connectivity index (χ0n) is 19.7. The van der Waals surface area contributed by atoms with E-state index in [0.29, 0.717) is 10.8 Å². The second-order valence-corrected chi connectivity index (χ2v) is 9.89. The van der Waals surface area contributed by atoms with Crippen LogP contribution in [0.4, 0.5) is 11.4 Å². The van der Waals surface area contributed by atoms with Crippen LogP contribution in [-0.4, -0.2) is 34.2 Å². The van der Waals surface area contributed by atoms with Gasteiger partial charge in [0.15, 0.2) is 5.82 Å². The number of piperidine rings is 1. The average Bonchev–Trinajstić information content (AvgIpc) is 3.40. The van der Waals surface area contributed by atoms with Gasteiger partial charge in [-0.15, -0.1) is 0 Å². The van der Waals surface area contributed by atoms with E-state index < -0.39 is 5.41 Å². The van der Waals surface area contributed by atoms with E-state index in [1.165, 1.54) is 0 Å². The molecule has 0 bridgehead atoms. The Hall–Kier alpha value is -3.48. The fourth-order valence-electron chi connectivity index (χ4n) is 5.45. The number of rotatable bonds is 3. The number of hydrogen-bond acceptors (Lipinski definition) is 4. The number of carbonyl (C=O) groups excluding carboxylic acids is 1. The maximum absolute atomic E-state index is 14.0. The van der Waals surface area contributed by atoms with E-state index in [4.69, 9.17) is 11.6 Å². The van der Waals surface area contributed by atoms with Gasteiger partial charge in [-0.25, -0.2) is 4.98 Å². The van der Waals surface area contributed by atoms with E-state index in [9.17, 15) is 4.79 Å². The molecule has 0 radical (unpaired) electrons. The maximum Gasteiger partial charge on any atom is 0.242 e. The van der Waals surface area contributed by atoms with Gasteiger partial charge in [0, 0.05) is 16.3 Å². The number of carbonyl (C=O) groups is 1. The number of nitrogens with zero attached hydrogens (tertiary/aromatic N) is 3. The van der Waals surface area contributed by atoms with Crippen LogP contribution < -0.4 is 10.2 Å². The van der Waals surface area contributed by atoms with Gasteiger partial charge < -0.3 is 5.32 Å². The van der Waals surface area contributed by atoms with Gasteiger partial charge in [-0.3, -0.25) is 14.8 Å². The molecule has 3 heterocycles. The molecule has 6 nitrogen and oxygen atoms in total. The highest BCUT2D eigenvalue weighted by Gasteiger charge is 2.51. The SMILES string of the molecule is Cc1nc(-c2ccc(C)c(-c3ccc4c(c3)N(c3ccc(Cl)cc3)C(=O)C43CCNCC3)c2)n[nH]1. The summed E-state index contributed by atoms with van der Waals surface area (Å²) in [6.45, 7) is 5.66. The Balaban J connectivity index is 1.51. The van der Waals surface area contributed by atoms with Crippen molar-refractivity contribution in [1.82, 2.24) is 20.5 Å². The molecule has 4 aromatic rings. The lowest BCUT2D eigenvalue weighted by Gasteiger charge is -2.33. The number of fused-ring (bicyclic) bond motifs is 2. The third-order valence-electron chi connectivity index (χ3n) is 7.31. The molecule has 1 fully saturated rings. The van der Waals surface area contributed by atoms with Crippen LogP contribution in [0.2, 0.25) is 5.02 Å². The largest absolute Gasteiger partial charge is 0.317 e. The number of H-pyrrole nitrogens is 1. The lowest BCUT2D eigenvalue weighted by Crippen LogP contribution is -2.46. The van der Waals surface area contributed by atoms with Crippen molar-refractivity contribution in [2.75, 3.05) is 18.0 Å². The Bertz CT molecular complexity index is 1440. The van der Waals surface area contributed by atoms with E-state index in [2.05, 4.69) is 57.8 Å². The van der Waals surface area contributed by atoms with E-state index in [1.54, 1.807) is 0 Å². The highest BCUT2D eigenvalue weighted by atomic mass is 35.5. The molecule has 35 heavy (non-hydrogen) atoms. The van der Waals surface area contributed by atoms with E-state index in [1.807, 2.05) is 42.2 Å². The second-order valence-electron chi connectivity index (χ2n) is 9.46. The first-order valence-corrected chi connectivity index (χ1v) is 12.3. The van der Waals surface area contributed by atoms with Crippen molar-refractivity contribution in [2.45, 2.75) is 32.1 Å². The molecular formula is C28H26ClN5O. The number of aromatic amines is 1. The molecule has 6 rings (SSSR count). The summed E-state index contributed by atoms with van der Waals surface area (Å²) in [6, 6.07) is 20.3. The zero-order chi connectivity index (χ0) is 24.2. The van der Waals surface area contributed by atoms with Crippen LogP contribution in [0.15, 0.2) is 60.7 Å². The summed E-state index contributed by atoms with van der Waals surface area (Å²) < 4.78 is 0. The second kappa shape index (κ2) is 8.33. The van der Waals surface area contributed by atoms with Gasteiger partial charge in [-0.1, -0.05) is 35.9 Å². The van der Waals surface area contributed by atoms with Crippen molar-refractivity contribution in [2.24, 2.45) is 0 Å². The molecule has 1 amide bonds. The number of halogens is 1. The van der Waals surface area contributed by atoms with Gasteiger partial charge in [-0.05, 0) is 98.4 Å². The number of benzene rings is 3. The molecule has 1 spiro atoms. The smallest absolute Gasteiger partial charge is 0.242 e. The molecule has 2 aliphatic rings. The molecule has 2 aliphatic heterocycles. The van der Waals surface area contributed by atoms with Crippen molar-refractivity contribution in [3.63, 3.8) is 0 Å². The van der Waals surface area contributed by atoms with Crippen molar-refractivity contribution < 1.29 is 4.79 Å². The Morgan fingerprint density at radius 1 is 0.943 bits per heavy atom. The normalized spacial score (nSPS) is 16.7. The van der Waals surface area contributed by atoms with Crippen LogP contribution in [0.5, 0.6) is 0 Å². The predicted molar refractivity (Wildman–Crippen MR) is 139 cm³/mol. The molecule has 1 saturated heterocycles. The van der Waals surface area contributed by atoms with Crippen LogP contribution in [0.1, 0.15) is 29.8 Å². The first kappa shape index (κ1) is 22.0. The van der Waals surface area contributed by atoms with Gasteiger partial charge in [-0.2, -0.15) is 5.10 Å². The predicted octanol–water partition coefficient (Wildman–Crippen LogP) is 5.71. The summed E-state index contributed by atoms with van der Waals surface area (Å²) >= 11 is 6.16. The quantitative estimate of drug-likeness (QED) is 0.391. The third kappa shape index (κ3) is 3.56. The molecule has 7 heteroatoms. The molecule has 2 N–H and O–H groups in total. The molecule has 1 aromatic heterocycles. The lowest BCUT2D eigenvalue weighted by molar-refractivity contribution is -0.123. The summed E-state index contributed by atoms with van der Waals surface area (Å²) in [4.78, 5) is 20.4. The Morgan fingerprint density at radius 3 is 2.40 bits per heavy atom. The van der Waals surface area contributed by atoms with Crippen LogP contribution in [-0.2, 0) is 10.2 Å². The fourth-order valence-corrected chi connectivity index (χ4v) is 5.58. The molecule has 3 aromatic carbocycles. The minimum absolute atomic E-state index is 0.148. The summed E-state index contributed by atoms with van der Waals surface area (Å²) in [7, 11) is 0. The lowest BCUT2D eigenvalue weighted by atomic mass is 9.74. The molecular weight excluding hydrogens is 458 g/mol. The number of aryl methyl sites for hydroxylation is 2. The maximum atomic E-state index is 14.0. The van der Waals surface area contributed by atoms with Crippen LogP contribution >= 0.6 is 11.6 Å². The van der Waals surface area contributed by atoms with Crippen molar-refractivity contribution >= 4 is 28.9 Å². The van der Waals surface area contributed by atoms with Crippen molar-refractivity contribution in [3.8, 4) is 22.5 Å². The topological polar surface area (TPSA) is 73.9 Å². The monoisotopic (exact) mass is 483 g/mol. The highest BCUT2D eigenvalue weighted by Crippen LogP contribution is 2.51. The Labute approximate surface area is 209 Å². The Morgan fingerprint density at radius 2 is 1.69 bits per heavy atom. The molecule has 0 unspecified atom stereocenters. The Kier molecular flexibility index (Phi) is 5.24. The van der Waals surface area contributed by atoms with Gasteiger partial charge >= 0.3 is 0 Å². The van der Waals surface area contributed by atoms with Crippen molar-refractivity contribution in [3.05, 3.63) is 82.6 Å². The number of hydrogen-bond donors (Lipinski definition) is 2. The number of nitrogens with one attached hydrogen (secondary N) is 2. The summed E-state index contributed by atoms with van der Waals surface area (Å²) in [5, 5.41) is 11.3. The minimum atomic E-state index is -0.494. The van der Waals surface area contributed by atoms with Gasteiger partial charge in [0.05, 0.1) is 11.1 Å². The summed E-state index contributed by atoms with van der Waals surface area (Å²) in [5.74, 6) is 1.61. The van der Waals surface area contributed by atoms with Gasteiger partial charge in [0.2, 0.25) is 5.91 Å². The first-order valence-electron chi connectivity index (χ1n) is 11.9. The highest BCUT2D eigenvalue weighted by molar-refractivity contribution is 6.30. The third-order valence-corrected chi connectivity index (χ3v) is 7.56. The standard InChI is InChI=1S/C28H26ClN5O/c1-17-3-4-20(26-31-18(2)32-33-26)15-23(17)19-5-10-24-25(16-19)34(22-8-6-21(29)7-9-22)27(35)28(24)11-13-30-14-12-28/h3-10,15-16,30H,11-14H2,1-2H3,(H,31,32,33). The van der Waals surface area contributed by atoms with Crippen LogP contribution in [0.3, 0.4) is 0 Å². The van der Waals surface area contributed by atoms with Crippen LogP contribution in [0.25, 0.3) is 22.5 Å². The minimum Gasteiger partial charge on any atom is -0.317 e. The molecule has 0 saturated carbocycles. The average molecular weight is 484 g/mol. The molecule has 176 valence electrons. The zero-order valence-corrected chi connectivity index (χ0v) is 20.5. The number of anilines is 2. The van der Waals surface area contributed by atoms with E-state index in [0.717, 1.165) is 70.9 Å². The summed E-state index contributed by atoms with van der Waals surface area (Å²) in [5.41, 5.74) is 6.68. The van der Waals surface area contributed by atoms with Crippen molar-refractivity contribution in [1.29, 1.82) is 0 Å². The van der Waals surface area contributed by atoms with Gasteiger partial charge in [0.25, 0.3) is 0 Å².